The number of hydrogen-bond donors (Lipinski definition) is 2. The van der Waals surface area contributed by atoms with Gasteiger partial charge in [0.15, 0.2) is 11.0 Å². The Bertz CT molecular complexity index is 1140. The Hall–Kier alpha value is -2.86. The lowest BCUT2D eigenvalue weighted by molar-refractivity contribution is -0.137. The zero-order valence-electron chi connectivity index (χ0n) is 16.6. The topological polar surface area (TPSA) is 88.9 Å². The van der Waals surface area contributed by atoms with Gasteiger partial charge >= 0.3 is 6.18 Å². The first kappa shape index (κ1) is 23.8. The van der Waals surface area contributed by atoms with E-state index in [1.165, 1.54) is 12.1 Å². The number of rotatable bonds is 7. The highest BCUT2D eigenvalue weighted by Gasteiger charge is 2.30. The lowest BCUT2D eigenvalue weighted by Crippen LogP contribution is -2.24. The average molecular weight is 528 g/mol. The van der Waals surface area contributed by atoms with E-state index in [9.17, 15) is 22.8 Å². The van der Waals surface area contributed by atoms with Gasteiger partial charge in [-0.2, -0.15) is 13.2 Å². The summed E-state index contributed by atoms with van der Waals surface area (Å²) in [6, 6.07) is 11.4. The van der Waals surface area contributed by atoms with Crippen LogP contribution in [0.5, 0.6) is 0 Å². The molecule has 0 spiro atoms. The smallest absolute Gasteiger partial charge is 0.345 e. The quantitative estimate of drug-likeness (QED) is 0.448. The molecule has 0 aliphatic rings. The first-order chi connectivity index (χ1) is 15.1. The van der Waals surface area contributed by atoms with E-state index >= 15 is 0 Å². The van der Waals surface area contributed by atoms with E-state index in [4.69, 9.17) is 0 Å². The van der Waals surface area contributed by atoms with Crippen molar-refractivity contribution in [3.8, 4) is 0 Å². The van der Waals surface area contributed by atoms with E-state index in [1.54, 1.807) is 35.9 Å². The number of alkyl halides is 3. The van der Waals surface area contributed by atoms with Gasteiger partial charge in [0.25, 0.3) is 5.91 Å². The summed E-state index contributed by atoms with van der Waals surface area (Å²) < 4.78 is 40.7. The first-order valence-corrected chi connectivity index (χ1v) is 10.9. The van der Waals surface area contributed by atoms with Gasteiger partial charge in [-0.1, -0.05) is 30.0 Å². The van der Waals surface area contributed by atoms with Crippen molar-refractivity contribution < 1.29 is 22.8 Å². The average Bonchev–Trinajstić information content (AvgIpc) is 3.10. The van der Waals surface area contributed by atoms with Crippen molar-refractivity contribution in [2.75, 3.05) is 11.1 Å². The minimum absolute atomic E-state index is 0.0545. The predicted molar refractivity (Wildman–Crippen MR) is 117 cm³/mol. The number of benzene rings is 2. The normalized spacial score (nSPS) is 11.3. The van der Waals surface area contributed by atoms with Gasteiger partial charge in [-0.3, -0.25) is 9.59 Å². The molecule has 2 aromatic carbocycles. The van der Waals surface area contributed by atoms with Crippen molar-refractivity contribution in [2.45, 2.75) is 17.9 Å². The molecule has 0 saturated heterocycles. The van der Waals surface area contributed by atoms with Crippen LogP contribution >= 0.6 is 27.7 Å². The highest BCUT2D eigenvalue weighted by molar-refractivity contribution is 9.10. The van der Waals surface area contributed by atoms with Crippen LogP contribution in [0.3, 0.4) is 0 Å². The maximum absolute atomic E-state index is 12.8. The minimum Gasteiger partial charge on any atom is -0.345 e. The molecule has 0 unspecified atom stereocenters. The van der Waals surface area contributed by atoms with E-state index in [0.717, 1.165) is 23.9 Å². The van der Waals surface area contributed by atoms with Gasteiger partial charge in [-0.05, 0) is 46.3 Å². The highest BCUT2D eigenvalue weighted by atomic mass is 79.9. The number of halogens is 4. The van der Waals surface area contributed by atoms with Crippen LogP contribution in [0, 0.1) is 0 Å². The summed E-state index contributed by atoms with van der Waals surface area (Å²) in [6.07, 6.45) is -4.49. The second-order valence-corrected chi connectivity index (χ2v) is 8.33. The number of nitrogens with zero attached hydrogens (tertiary/aromatic N) is 3. The van der Waals surface area contributed by atoms with Crippen LogP contribution in [-0.4, -0.2) is 32.3 Å². The van der Waals surface area contributed by atoms with Gasteiger partial charge in [0.05, 0.1) is 23.4 Å². The molecule has 7 nitrogen and oxygen atoms in total. The Balaban J connectivity index is 1.54. The summed E-state index contributed by atoms with van der Waals surface area (Å²) in [5.74, 6) is -0.367. The van der Waals surface area contributed by atoms with Crippen molar-refractivity contribution in [1.29, 1.82) is 0 Å². The molecule has 2 amide bonds. The molecule has 0 saturated carbocycles. The predicted octanol–water partition coefficient (Wildman–Crippen LogP) is 4.26. The Labute approximate surface area is 193 Å². The molecule has 0 radical (unpaired) electrons. The molecular formula is C20H17BrF3N5O2S. The maximum atomic E-state index is 12.8. The molecule has 3 aromatic rings. The van der Waals surface area contributed by atoms with Gasteiger partial charge in [-0.15, -0.1) is 10.2 Å². The molecule has 32 heavy (non-hydrogen) atoms. The second kappa shape index (κ2) is 10.2. The minimum atomic E-state index is -4.49. The summed E-state index contributed by atoms with van der Waals surface area (Å²) in [4.78, 5) is 24.4. The fourth-order valence-electron chi connectivity index (χ4n) is 2.63. The van der Waals surface area contributed by atoms with Crippen LogP contribution < -0.4 is 10.6 Å². The van der Waals surface area contributed by atoms with Gasteiger partial charge in [0.2, 0.25) is 5.91 Å². The van der Waals surface area contributed by atoms with E-state index in [-0.39, 0.29) is 23.9 Å². The molecule has 3 rings (SSSR count). The van der Waals surface area contributed by atoms with Crippen LogP contribution in [0.4, 0.5) is 18.9 Å². The van der Waals surface area contributed by atoms with Crippen molar-refractivity contribution in [2.24, 2.45) is 7.05 Å². The summed E-state index contributed by atoms with van der Waals surface area (Å²) in [5, 5.41) is 13.6. The Morgan fingerprint density at radius 1 is 1.12 bits per heavy atom. The summed E-state index contributed by atoms with van der Waals surface area (Å²) in [7, 11) is 1.69. The van der Waals surface area contributed by atoms with Crippen molar-refractivity contribution in [3.63, 3.8) is 0 Å². The first-order valence-electron chi connectivity index (χ1n) is 9.16. The van der Waals surface area contributed by atoms with Crippen LogP contribution in [0.1, 0.15) is 21.7 Å². The van der Waals surface area contributed by atoms with Crippen LogP contribution in [0.25, 0.3) is 0 Å². The van der Waals surface area contributed by atoms with Crippen LogP contribution in [-0.2, 0) is 24.6 Å². The zero-order valence-corrected chi connectivity index (χ0v) is 19.0. The third kappa shape index (κ3) is 6.10. The molecule has 0 fully saturated rings. The number of carbonyl (C=O) groups excluding carboxylic acids is 2. The van der Waals surface area contributed by atoms with Crippen molar-refractivity contribution in [1.82, 2.24) is 20.1 Å². The molecule has 168 valence electrons. The number of nitrogens with one attached hydrogen (secondary N) is 2. The monoisotopic (exact) mass is 527 g/mol. The van der Waals surface area contributed by atoms with E-state index in [0.29, 0.717) is 21.0 Å². The Morgan fingerprint density at radius 3 is 2.59 bits per heavy atom. The fraction of sp³-hybridized carbons (Fsp3) is 0.200. The van der Waals surface area contributed by atoms with Crippen LogP contribution in [0.15, 0.2) is 58.2 Å². The number of hydrogen-bond acceptors (Lipinski definition) is 5. The van der Waals surface area contributed by atoms with Gasteiger partial charge < -0.3 is 15.2 Å². The zero-order chi connectivity index (χ0) is 23.3. The molecule has 2 N–H and O–H groups in total. The van der Waals surface area contributed by atoms with E-state index in [2.05, 4.69) is 36.8 Å². The lowest BCUT2D eigenvalue weighted by Gasteiger charge is -2.10. The number of amides is 2. The second-order valence-electron chi connectivity index (χ2n) is 6.54. The standard InChI is InChI=1S/C20H17BrF3N5O2S/c1-29-16(10-25-18(31)14-7-2-3-8-15(14)21)27-28-19(29)32-11-17(30)26-13-6-4-5-12(9-13)20(22,23)24/h2-9H,10-11H2,1H3,(H,25,31)(H,26,30). The van der Waals surface area contributed by atoms with Gasteiger partial charge in [0.1, 0.15) is 0 Å². The van der Waals surface area contributed by atoms with Gasteiger partial charge in [0, 0.05) is 17.2 Å². The number of carbonyl (C=O) groups is 2. The highest BCUT2D eigenvalue weighted by Crippen LogP contribution is 2.30. The Kier molecular flexibility index (Phi) is 7.56. The molecule has 1 aromatic heterocycles. The fourth-order valence-corrected chi connectivity index (χ4v) is 3.82. The molecule has 0 bridgehead atoms. The largest absolute Gasteiger partial charge is 0.416 e. The summed E-state index contributed by atoms with van der Waals surface area (Å²) in [6.45, 7) is 0.126. The molecular weight excluding hydrogens is 511 g/mol. The number of aromatic nitrogens is 3. The lowest BCUT2D eigenvalue weighted by atomic mass is 10.2. The number of anilines is 1. The summed E-state index contributed by atoms with van der Waals surface area (Å²) in [5.41, 5.74) is -0.306. The van der Waals surface area contributed by atoms with E-state index < -0.39 is 17.6 Å². The Morgan fingerprint density at radius 2 is 1.88 bits per heavy atom. The SMILES string of the molecule is Cn1c(CNC(=O)c2ccccc2Br)nnc1SCC(=O)Nc1cccc(C(F)(F)F)c1. The van der Waals surface area contributed by atoms with E-state index in [1.807, 2.05) is 0 Å². The molecule has 0 aliphatic heterocycles. The van der Waals surface area contributed by atoms with Crippen molar-refractivity contribution in [3.05, 3.63) is 70.0 Å². The maximum Gasteiger partial charge on any atom is 0.416 e. The molecule has 12 heteroatoms. The van der Waals surface area contributed by atoms with Crippen LogP contribution in [0.2, 0.25) is 0 Å². The molecule has 0 aliphatic carbocycles. The molecule has 1 heterocycles. The van der Waals surface area contributed by atoms with Crippen molar-refractivity contribution >= 4 is 45.2 Å². The van der Waals surface area contributed by atoms with Gasteiger partial charge in [-0.25, -0.2) is 0 Å². The number of thioether (sulfide) groups is 1. The molecule has 0 atom stereocenters. The third-order valence-corrected chi connectivity index (χ3v) is 5.97. The summed E-state index contributed by atoms with van der Waals surface area (Å²) >= 11 is 4.40. The third-order valence-electron chi connectivity index (χ3n) is 4.26.